The Labute approximate surface area is 219 Å². The summed E-state index contributed by atoms with van der Waals surface area (Å²) in [5.74, 6) is -6.74. The molecule has 8 rings (SSSR count). The van der Waals surface area contributed by atoms with E-state index in [-0.39, 0.29) is 43.9 Å². The first-order valence-corrected chi connectivity index (χ1v) is 13.8. The van der Waals surface area contributed by atoms with Crippen LogP contribution < -0.4 is 0 Å². The van der Waals surface area contributed by atoms with Crippen molar-refractivity contribution in [2.24, 2.45) is 34.5 Å². The van der Waals surface area contributed by atoms with Gasteiger partial charge in [0.05, 0.1) is 30.0 Å². The zero-order valence-corrected chi connectivity index (χ0v) is 21.7. The molecule has 10 heteroatoms. The Kier molecular flexibility index (Phi) is 4.01. The van der Waals surface area contributed by atoms with Crippen LogP contribution in [0.25, 0.3) is 0 Å². The van der Waals surface area contributed by atoms with E-state index in [4.69, 9.17) is 18.9 Å². The van der Waals surface area contributed by atoms with Crippen LogP contribution in [0.15, 0.2) is 11.6 Å². The Bertz CT molecular complexity index is 1290. The fraction of sp³-hybridized carbons (Fsp3) is 0.786. The SMILES string of the molecule is C[C@@]12C(=O)C[C@H](O)CC1=CC[C@@H]1[C@@H]2CC[C@]2(O)C(=O)O[C@@]3(C)[C@@H]4C[C@]5(C)[C@@H](CO[C@]16O[C@@]32[C@H]5C6=O)C(=O)O4. The second-order valence-corrected chi connectivity index (χ2v) is 13.6. The lowest BCUT2D eigenvalue weighted by Crippen LogP contribution is -2.79. The van der Waals surface area contributed by atoms with Crippen molar-refractivity contribution in [1.29, 1.82) is 0 Å². The maximum atomic E-state index is 14.9. The van der Waals surface area contributed by atoms with Gasteiger partial charge in [-0.25, -0.2) is 4.79 Å². The number of carbonyl (C=O) groups excluding carboxylic acids is 4. The van der Waals surface area contributed by atoms with E-state index < -0.39 is 81.2 Å². The van der Waals surface area contributed by atoms with E-state index in [0.717, 1.165) is 5.57 Å². The van der Waals surface area contributed by atoms with Crippen LogP contribution in [0.3, 0.4) is 0 Å². The molecule has 0 amide bonds. The van der Waals surface area contributed by atoms with Crippen LogP contribution in [0.5, 0.6) is 0 Å². The Morgan fingerprint density at radius 3 is 2.58 bits per heavy atom. The quantitative estimate of drug-likeness (QED) is 0.341. The molecular weight excluding hydrogens is 496 g/mol. The van der Waals surface area contributed by atoms with Crippen LogP contribution >= 0.6 is 0 Å². The van der Waals surface area contributed by atoms with Crippen LogP contribution in [0, 0.1) is 34.5 Å². The summed E-state index contributed by atoms with van der Waals surface area (Å²) >= 11 is 0. The van der Waals surface area contributed by atoms with E-state index in [1.807, 2.05) is 19.9 Å². The van der Waals surface area contributed by atoms with Gasteiger partial charge in [-0.15, -0.1) is 0 Å². The molecule has 0 aromatic heterocycles. The Morgan fingerprint density at radius 2 is 1.82 bits per heavy atom. The number of allylic oxidation sites excluding steroid dienone is 1. The topological polar surface area (TPSA) is 146 Å². The van der Waals surface area contributed by atoms with Gasteiger partial charge in [0.15, 0.2) is 22.6 Å². The number of ketones is 2. The molecule has 10 nitrogen and oxygen atoms in total. The Hall–Kier alpha value is -2.14. The third kappa shape index (κ3) is 2.07. The molecule has 3 aliphatic carbocycles. The predicted octanol–water partition coefficient (Wildman–Crippen LogP) is 0.752. The summed E-state index contributed by atoms with van der Waals surface area (Å²) < 4.78 is 25.1. The highest BCUT2D eigenvalue weighted by Crippen LogP contribution is 2.75. The summed E-state index contributed by atoms with van der Waals surface area (Å²) in [6.07, 6.45) is 1.42. The molecule has 8 aliphatic rings. The molecule has 5 aliphatic heterocycles. The zero-order chi connectivity index (χ0) is 26.8. The summed E-state index contributed by atoms with van der Waals surface area (Å²) in [6, 6.07) is 0. The van der Waals surface area contributed by atoms with Crippen molar-refractivity contribution >= 4 is 23.5 Å². The minimum atomic E-state index is -2.21. The van der Waals surface area contributed by atoms with Crippen LogP contribution in [-0.4, -0.2) is 75.1 Å². The van der Waals surface area contributed by atoms with E-state index in [0.29, 0.717) is 12.8 Å². The minimum absolute atomic E-state index is 0.00959. The number of aliphatic hydroxyl groups excluding tert-OH is 1. The summed E-state index contributed by atoms with van der Waals surface area (Å²) in [5, 5.41) is 22.8. The van der Waals surface area contributed by atoms with Crippen LogP contribution in [0.4, 0.5) is 0 Å². The van der Waals surface area contributed by atoms with Gasteiger partial charge in [-0.3, -0.25) is 14.4 Å². The van der Waals surface area contributed by atoms with Crippen LogP contribution in [0.2, 0.25) is 0 Å². The van der Waals surface area contributed by atoms with Gasteiger partial charge in [-0.1, -0.05) is 18.6 Å². The highest BCUT2D eigenvalue weighted by molar-refractivity contribution is 5.99. The van der Waals surface area contributed by atoms with Gasteiger partial charge in [0.2, 0.25) is 5.79 Å². The molecule has 2 N–H and O–H groups in total. The number of aliphatic hydroxyl groups is 2. The predicted molar refractivity (Wildman–Crippen MR) is 124 cm³/mol. The third-order valence-electron chi connectivity index (χ3n) is 12.3. The van der Waals surface area contributed by atoms with Crippen molar-refractivity contribution in [3.8, 4) is 0 Å². The van der Waals surface area contributed by atoms with E-state index in [9.17, 15) is 29.4 Å². The number of hydrogen-bond donors (Lipinski definition) is 2. The van der Waals surface area contributed by atoms with Crippen molar-refractivity contribution in [1.82, 2.24) is 0 Å². The Morgan fingerprint density at radius 1 is 1.05 bits per heavy atom. The number of esters is 2. The number of Topliss-reactive ketones (excluding diaryl/α,β-unsaturated/α-hetero) is 2. The highest BCUT2D eigenvalue weighted by atomic mass is 16.8. The van der Waals surface area contributed by atoms with Crippen molar-refractivity contribution in [2.45, 2.75) is 94.1 Å². The fourth-order valence-electron chi connectivity index (χ4n) is 10.3. The van der Waals surface area contributed by atoms with E-state index in [2.05, 4.69) is 0 Å². The summed E-state index contributed by atoms with van der Waals surface area (Å²) in [5.41, 5.74) is -6.81. The lowest BCUT2D eigenvalue weighted by molar-refractivity contribution is -0.374. The average molecular weight is 529 g/mol. The second-order valence-electron chi connectivity index (χ2n) is 13.6. The first-order valence-electron chi connectivity index (χ1n) is 13.8. The molecule has 38 heavy (non-hydrogen) atoms. The highest BCUT2D eigenvalue weighted by Gasteiger charge is 2.93. The van der Waals surface area contributed by atoms with Gasteiger partial charge in [-0.05, 0) is 57.3 Å². The number of carbonyl (C=O) groups is 4. The monoisotopic (exact) mass is 528 g/mol. The molecule has 0 unspecified atom stereocenters. The maximum absolute atomic E-state index is 14.9. The summed E-state index contributed by atoms with van der Waals surface area (Å²) in [6.45, 7) is 5.18. The molecule has 5 heterocycles. The van der Waals surface area contributed by atoms with Gasteiger partial charge in [0.1, 0.15) is 11.9 Å². The molecule has 5 saturated heterocycles. The normalized spacial score (nSPS) is 59.7. The Balaban J connectivity index is 1.41. The summed E-state index contributed by atoms with van der Waals surface area (Å²) in [7, 11) is 0. The molecule has 0 aromatic rings. The van der Waals surface area contributed by atoms with Gasteiger partial charge in [-0.2, -0.15) is 0 Å². The zero-order valence-electron chi connectivity index (χ0n) is 21.7. The molecule has 12 atom stereocenters. The smallest absolute Gasteiger partial charge is 0.342 e. The maximum Gasteiger partial charge on any atom is 0.342 e. The van der Waals surface area contributed by atoms with Crippen LogP contribution in [0.1, 0.15) is 59.3 Å². The lowest BCUT2D eigenvalue weighted by atomic mass is 9.46. The van der Waals surface area contributed by atoms with Crippen LogP contribution in [-0.2, 0) is 38.1 Å². The third-order valence-corrected chi connectivity index (χ3v) is 12.3. The van der Waals surface area contributed by atoms with Crippen molar-refractivity contribution < 1.29 is 48.3 Å². The van der Waals surface area contributed by atoms with Gasteiger partial charge in [0, 0.05) is 12.3 Å². The largest absolute Gasteiger partial charge is 0.458 e. The first-order chi connectivity index (χ1) is 17.8. The van der Waals surface area contributed by atoms with Gasteiger partial charge >= 0.3 is 11.9 Å². The lowest BCUT2D eigenvalue weighted by Gasteiger charge is -2.63. The number of ether oxygens (including phenoxy) is 4. The fourth-order valence-corrected chi connectivity index (χ4v) is 10.3. The van der Waals surface area contributed by atoms with Crippen molar-refractivity contribution in [3.05, 3.63) is 11.6 Å². The van der Waals surface area contributed by atoms with Gasteiger partial charge in [0.25, 0.3) is 0 Å². The molecule has 204 valence electrons. The first kappa shape index (κ1) is 23.7. The van der Waals surface area contributed by atoms with E-state index >= 15 is 0 Å². The molecule has 2 spiro atoms. The standard InChI is InChI=1S/C28H32O10/c1-23-10-18-25(3)28-19(23)20(31)27(38-28,35-11-16(23)21(32)36-18)15-5-4-12-8-13(29)9-17(30)24(12,2)14(15)6-7-26(28,34)22(33)37-25/h4,13-16,18-19,29,34H,5-11H2,1-3H3/t13-,14+,15-,16+,18+,19+,23-,24-,25+,26+,27+,28+/m1/s1. The molecule has 2 saturated carbocycles. The van der Waals surface area contributed by atoms with Crippen molar-refractivity contribution in [3.63, 3.8) is 0 Å². The average Bonchev–Trinajstić information content (AvgIpc) is 3.16. The molecule has 0 aromatic carbocycles. The second kappa shape index (κ2) is 6.43. The minimum Gasteiger partial charge on any atom is -0.458 e. The molecule has 0 radical (unpaired) electrons. The molecule has 5 bridgehead atoms. The molecule has 7 fully saturated rings. The van der Waals surface area contributed by atoms with E-state index in [1.165, 1.54) is 0 Å². The number of fused-ring (bicyclic) bond motifs is 5. The van der Waals surface area contributed by atoms with E-state index in [1.54, 1.807) is 6.92 Å². The van der Waals surface area contributed by atoms with Gasteiger partial charge < -0.3 is 29.2 Å². The number of hydrogen-bond acceptors (Lipinski definition) is 10. The summed E-state index contributed by atoms with van der Waals surface area (Å²) in [4.78, 5) is 55.4. The molecular formula is C28H32O10. The van der Waals surface area contributed by atoms with Crippen molar-refractivity contribution in [2.75, 3.05) is 6.61 Å². The number of rotatable bonds is 0.